The van der Waals surface area contributed by atoms with E-state index in [-0.39, 0.29) is 25.5 Å². The SMILES string of the molecule is CC(=O)NC[C@H]1CN(c2ccc(-c3ccc(CN(CC(=O)CF)C(=O)OC(C)(C)C)cc3)c(F)c2)C(=O)O1. The lowest BCUT2D eigenvalue weighted by Gasteiger charge is -2.27. The number of hydrogen-bond donors (Lipinski definition) is 1. The van der Waals surface area contributed by atoms with E-state index in [1.165, 1.54) is 17.9 Å². The van der Waals surface area contributed by atoms with E-state index in [0.29, 0.717) is 22.4 Å². The molecule has 0 radical (unpaired) electrons. The first-order chi connectivity index (χ1) is 17.9. The Balaban J connectivity index is 1.72. The number of cyclic esters (lactones) is 1. The smallest absolute Gasteiger partial charge is 0.414 e. The van der Waals surface area contributed by atoms with E-state index in [1.807, 2.05) is 0 Å². The molecule has 2 aromatic carbocycles. The van der Waals surface area contributed by atoms with Gasteiger partial charge in [-0.25, -0.2) is 18.4 Å². The van der Waals surface area contributed by atoms with Crippen molar-refractivity contribution in [2.45, 2.75) is 45.9 Å². The molecule has 1 aliphatic rings. The highest BCUT2D eigenvalue weighted by atomic mass is 19.1. The summed E-state index contributed by atoms with van der Waals surface area (Å²) in [5, 5.41) is 2.59. The summed E-state index contributed by atoms with van der Waals surface area (Å²) < 4.78 is 38.4. The lowest BCUT2D eigenvalue weighted by Crippen LogP contribution is -2.39. The van der Waals surface area contributed by atoms with Crippen molar-refractivity contribution < 1.29 is 37.4 Å². The predicted molar refractivity (Wildman–Crippen MR) is 136 cm³/mol. The molecule has 0 bridgehead atoms. The Kier molecular flexibility index (Phi) is 9.03. The molecule has 0 unspecified atom stereocenters. The van der Waals surface area contributed by atoms with E-state index >= 15 is 4.39 Å². The molecule has 2 aromatic rings. The van der Waals surface area contributed by atoms with Crippen LogP contribution in [0.4, 0.5) is 24.1 Å². The quantitative estimate of drug-likeness (QED) is 0.519. The third kappa shape index (κ3) is 7.74. The van der Waals surface area contributed by atoms with Gasteiger partial charge in [0.05, 0.1) is 25.3 Å². The largest absolute Gasteiger partial charge is 0.444 e. The molecule has 0 aromatic heterocycles. The van der Waals surface area contributed by atoms with Crippen LogP contribution in [0.1, 0.15) is 33.3 Å². The summed E-state index contributed by atoms with van der Waals surface area (Å²) >= 11 is 0. The first kappa shape index (κ1) is 28.5. The summed E-state index contributed by atoms with van der Waals surface area (Å²) in [7, 11) is 0. The Hall–Kier alpha value is -4.02. The van der Waals surface area contributed by atoms with E-state index in [4.69, 9.17) is 9.47 Å². The van der Waals surface area contributed by atoms with Gasteiger partial charge in [0.15, 0.2) is 5.78 Å². The fourth-order valence-corrected chi connectivity index (χ4v) is 3.78. The van der Waals surface area contributed by atoms with Gasteiger partial charge in [-0.15, -0.1) is 0 Å². The highest BCUT2D eigenvalue weighted by Gasteiger charge is 2.32. The zero-order valence-electron chi connectivity index (χ0n) is 21.8. The number of ether oxygens (including phenoxy) is 2. The number of anilines is 1. The Labute approximate surface area is 219 Å². The average Bonchev–Trinajstić information content (AvgIpc) is 3.22. The molecule has 1 heterocycles. The fourth-order valence-electron chi connectivity index (χ4n) is 3.78. The third-order valence-electron chi connectivity index (χ3n) is 5.52. The van der Waals surface area contributed by atoms with Crippen molar-refractivity contribution in [3.05, 3.63) is 53.8 Å². The lowest BCUT2D eigenvalue weighted by molar-refractivity contribution is -0.121. The standard InChI is InChI=1S/C27H31F2N3O6/c1-17(33)30-13-22-16-32(26(36)37-22)20-9-10-23(24(29)11-20)19-7-5-18(6-8-19)14-31(15-21(34)12-28)25(35)38-27(2,3)4/h5-11,22H,12-16H2,1-4H3,(H,30,33)/t22-/m0/s1. The molecule has 1 N–H and O–H groups in total. The Morgan fingerprint density at radius 3 is 2.42 bits per heavy atom. The van der Waals surface area contributed by atoms with Crippen LogP contribution in [0.2, 0.25) is 0 Å². The number of hydrogen-bond acceptors (Lipinski definition) is 6. The molecule has 1 atom stereocenters. The predicted octanol–water partition coefficient (Wildman–Crippen LogP) is 4.23. The van der Waals surface area contributed by atoms with Crippen LogP contribution in [0.15, 0.2) is 42.5 Å². The molecular formula is C27H31F2N3O6. The van der Waals surface area contributed by atoms with Gasteiger partial charge >= 0.3 is 12.2 Å². The van der Waals surface area contributed by atoms with E-state index in [0.717, 1.165) is 4.90 Å². The summed E-state index contributed by atoms with van der Waals surface area (Å²) in [4.78, 5) is 49.9. The molecule has 9 nitrogen and oxygen atoms in total. The van der Waals surface area contributed by atoms with Crippen LogP contribution < -0.4 is 10.2 Å². The van der Waals surface area contributed by atoms with Crippen molar-refractivity contribution in [3.63, 3.8) is 0 Å². The minimum absolute atomic E-state index is 0.000916. The van der Waals surface area contributed by atoms with Gasteiger partial charge in [0.1, 0.15) is 24.2 Å². The highest BCUT2D eigenvalue weighted by molar-refractivity contribution is 5.90. The first-order valence-corrected chi connectivity index (χ1v) is 12.0. The van der Waals surface area contributed by atoms with Crippen molar-refractivity contribution >= 4 is 29.6 Å². The van der Waals surface area contributed by atoms with Gasteiger partial charge in [0.2, 0.25) is 5.91 Å². The van der Waals surface area contributed by atoms with Crippen molar-refractivity contribution in [3.8, 4) is 11.1 Å². The van der Waals surface area contributed by atoms with E-state index in [9.17, 15) is 23.6 Å². The zero-order chi connectivity index (χ0) is 28.0. The topological polar surface area (TPSA) is 105 Å². The summed E-state index contributed by atoms with van der Waals surface area (Å²) in [6, 6.07) is 11.0. The number of carbonyl (C=O) groups excluding carboxylic acids is 4. The van der Waals surface area contributed by atoms with Crippen molar-refractivity contribution in [2.75, 3.05) is 31.2 Å². The van der Waals surface area contributed by atoms with Gasteiger partial charge in [-0.2, -0.15) is 0 Å². The van der Waals surface area contributed by atoms with Gasteiger partial charge < -0.3 is 14.8 Å². The molecule has 3 amide bonds. The summed E-state index contributed by atoms with van der Waals surface area (Å²) in [6.45, 7) is 5.12. The molecule has 3 rings (SSSR count). The number of alkyl halides is 1. The maximum Gasteiger partial charge on any atom is 0.414 e. The van der Waals surface area contributed by atoms with Crippen LogP contribution >= 0.6 is 0 Å². The second-order valence-electron chi connectivity index (χ2n) is 9.92. The lowest BCUT2D eigenvalue weighted by atomic mass is 10.0. The zero-order valence-corrected chi connectivity index (χ0v) is 21.8. The van der Waals surface area contributed by atoms with E-state index in [2.05, 4.69) is 5.32 Å². The van der Waals surface area contributed by atoms with Gasteiger partial charge in [-0.05, 0) is 50.1 Å². The van der Waals surface area contributed by atoms with Crippen LogP contribution in [-0.4, -0.2) is 66.8 Å². The number of amides is 3. The molecule has 1 fully saturated rings. The van der Waals surface area contributed by atoms with Crippen LogP contribution in [0.3, 0.4) is 0 Å². The molecule has 0 saturated carbocycles. The maximum absolute atomic E-state index is 15.0. The van der Waals surface area contributed by atoms with E-state index < -0.39 is 48.7 Å². The number of nitrogens with one attached hydrogen (secondary N) is 1. The van der Waals surface area contributed by atoms with Crippen LogP contribution in [0, 0.1) is 5.82 Å². The number of rotatable bonds is 9. The summed E-state index contributed by atoms with van der Waals surface area (Å²) in [6.07, 6.45) is -1.91. The number of Topliss-reactive ketones (excluding diaryl/α,β-unsaturated/α-hetero) is 1. The second kappa shape index (κ2) is 12.0. The van der Waals surface area contributed by atoms with Crippen molar-refractivity contribution in [1.29, 1.82) is 0 Å². The Bertz CT molecular complexity index is 1200. The molecule has 204 valence electrons. The average molecular weight is 532 g/mol. The molecule has 1 aliphatic heterocycles. The minimum atomic E-state index is -1.20. The van der Waals surface area contributed by atoms with Gasteiger partial charge in [0, 0.05) is 19.0 Å². The summed E-state index contributed by atoms with van der Waals surface area (Å²) in [5.41, 5.74) is 1.00. The molecular weight excluding hydrogens is 500 g/mol. The number of carbonyl (C=O) groups is 4. The molecule has 38 heavy (non-hydrogen) atoms. The number of benzene rings is 2. The van der Waals surface area contributed by atoms with Gasteiger partial charge in [-0.3, -0.25) is 19.4 Å². The minimum Gasteiger partial charge on any atom is -0.444 e. The third-order valence-corrected chi connectivity index (χ3v) is 5.52. The van der Waals surface area contributed by atoms with Gasteiger partial charge in [-0.1, -0.05) is 24.3 Å². The highest BCUT2D eigenvalue weighted by Crippen LogP contribution is 2.29. The first-order valence-electron chi connectivity index (χ1n) is 12.0. The second-order valence-corrected chi connectivity index (χ2v) is 9.92. The fraction of sp³-hybridized carbons (Fsp3) is 0.407. The van der Waals surface area contributed by atoms with Crippen molar-refractivity contribution in [1.82, 2.24) is 10.2 Å². The number of ketones is 1. The molecule has 0 aliphatic carbocycles. The monoisotopic (exact) mass is 531 g/mol. The number of halogens is 2. The molecule has 0 spiro atoms. The molecule has 1 saturated heterocycles. The maximum atomic E-state index is 15.0. The van der Waals surface area contributed by atoms with Crippen LogP contribution in [0.5, 0.6) is 0 Å². The number of nitrogens with zero attached hydrogens (tertiary/aromatic N) is 2. The van der Waals surface area contributed by atoms with Crippen LogP contribution in [-0.2, 0) is 25.6 Å². The Morgan fingerprint density at radius 2 is 1.84 bits per heavy atom. The normalized spacial score (nSPS) is 15.2. The van der Waals surface area contributed by atoms with E-state index in [1.54, 1.807) is 57.2 Å². The van der Waals surface area contributed by atoms with Crippen LogP contribution in [0.25, 0.3) is 11.1 Å². The summed E-state index contributed by atoms with van der Waals surface area (Å²) in [5.74, 6) is -1.55. The van der Waals surface area contributed by atoms with Crippen molar-refractivity contribution in [2.24, 2.45) is 0 Å². The Morgan fingerprint density at radius 1 is 1.16 bits per heavy atom. The van der Waals surface area contributed by atoms with Gasteiger partial charge in [0.25, 0.3) is 0 Å². The molecule has 11 heteroatoms.